The number of amides is 2. The Morgan fingerprint density at radius 2 is 1.59 bits per heavy atom. The van der Waals surface area contributed by atoms with E-state index in [9.17, 15) is 19.2 Å². The van der Waals surface area contributed by atoms with E-state index >= 15 is 0 Å². The van der Waals surface area contributed by atoms with E-state index in [1.54, 1.807) is 55.6 Å². The van der Waals surface area contributed by atoms with Crippen LogP contribution in [-0.2, 0) is 14.3 Å². The molecule has 2 saturated carbocycles. The molecule has 1 aromatic heterocycles. The SMILES string of the molecule is COc1ccc(C(=O)COC(=O)c2cc(-c3ccc(N4C(=O)C5C6CCC(C6)C5C4=O)cc3)nc3c(C)cc(Br)cc23)cc1. The fourth-order valence-electron chi connectivity index (χ4n) is 7.29. The van der Waals surface area contributed by atoms with Crippen molar-refractivity contribution in [3.63, 3.8) is 0 Å². The van der Waals surface area contributed by atoms with E-state index in [1.165, 1.54) is 4.90 Å². The minimum Gasteiger partial charge on any atom is -0.497 e. The van der Waals surface area contributed by atoms with Crippen LogP contribution < -0.4 is 9.64 Å². The molecule has 1 saturated heterocycles. The fraction of sp³-hybridized carbons (Fsp3) is 0.286. The van der Waals surface area contributed by atoms with Crippen LogP contribution in [0.15, 0.2) is 71.2 Å². The van der Waals surface area contributed by atoms with Gasteiger partial charge in [0.2, 0.25) is 11.8 Å². The molecule has 4 aromatic rings. The Hall–Kier alpha value is -4.37. The number of aryl methyl sites for hydroxylation is 1. The van der Waals surface area contributed by atoms with Gasteiger partial charge in [0.05, 0.1) is 41.4 Å². The first kappa shape index (κ1) is 28.4. The van der Waals surface area contributed by atoms with Crippen LogP contribution in [0.4, 0.5) is 5.69 Å². The highest BCUT2D eigenvalue weighted by molar-refractivity contribution is 9.10. The number of Topliss-reactive ketones (excluding diaryl/α,β-unsaturated/α-hetero) is 1. The topological polar surface area (TPSA) is 103 Å². The van der Waals surface area contributed by atoms with Gasteiger partial charge in [-0.15, -0.1) is 0 Å². The molecule has 9 heteroatoms. The highest BCUT2D eigenvalue weighted by Crippen LogP contribution is 2.56. The Bertz CT molecular complexity index is 1820. The number of imide groups is 1. The van der Waals surface area contributed by atoms with Gasteiger partial charge in [-0.3, -0.25) is 19.3 Å². The summed E-state index contributed by atoms with van der Waals surface area (Å²) in [4.78, 5) is 59.0. The average Bonchev–Trinajstić information content (AvgIpc) is 3.72. The molecule has 2 aliphatic carbocycles. The minimum atomic E-state index is -0.649. The summed E-state index contributed by atoms with van der Waals surface area (Å²) in [5, 5.41) is 0.591. The van der Waals surface area contributed by atoms with Crippen LogP contribution in [0.25, 0.3) is 22.2 Å². The third-order valence-electron chi connectivity index (χ3n) is 9.38. The van der Waals surface area contributed by atoms with Crippen molar-refractivity contribution in [2.45, 2.75) is 26.2 Å². The minimum absolute atomic E-state index is 0.0841. The number of hydrogen-bond donors (Lipinski definition) is 0. The predicted molar refractivity (Wildman–Crippen MR) is 168 cm³/mol. The molecule has 8 nitrogen and oxygen atoms in total. The van der Waals surface area contributed by atoms with Crippen LogP contribution in [0.3, 0.4) is 0 Å². The zero-order valence-corrected chi connectivity index (χ0v) is 25.8. The Morgan fingerprint density at radius 3 is 2.23 bits per heavy atom. The van der Waals surface area contributed by atoms with E-state index in [-0.39, 0.29) is 35.0 Å². The van der Waals surface area contributed by atoms with Crippen molar-refractivity contribution in [2.75, 3.05) is 18.6 Å². The lowest BCUT2D eigenvalue weighted by atomic mass is 9.81. The Kier molecular flexibility index (Phi) is 7.08. The number of fused-ring (bicyclic) bond motifs is 6. The third kappa shape index (κ3) is 4.70. The van der Waals surface area contributed by atoms with E-state index in [4.69, 9.17) is 14.5 Å². The average molecular weight is 654 g/mol. The number of ketones is 1. The van der Waals surface area contributed by atoms with Gasteiger partial charge in [-0.2, -0.15) is 0 Å². The molecule has 0 N–H and O–H groups in total. The number of rotatable bonds is 7. The maximum atomic E-state index is 13.4. The summed E-state index contributed by atoms with van der Waals surface area (Å²) in [6.07, 6.45) is 3.05. The lowest BCUT2D eigenvalue weighted by molar-refractivity contribution is -0.123. The maximum absolute atomic E-state index is 13.4. The van der Waals surface area contributed by atoms with Crippen LogP contribution in [0, 0.1) is 30.6 Å². The van der Waals surface area contributed by atoms with Gasteiger partial charge in [0.15, 0.2) is 12.4 Å². The molecule has 3 aromatic carbocycles. The zero-order chi connectivity index (χ0) is 30.7. The zero-order valence-electron chi connectivity index (χ0n) is 24.2. The van der Waals surface area contributed by atoms with Gasteiger partial charge in [0.25, 0.3) is 0 Å². The first-order valence-electron chi connectivity index (χ1n) is 14.7. The largest absolute Gasteiger partial charge is 0.497 e. The molecule has 222 valence electrons. The molecule has 2 heterocycles. The number of nitrogens with zero attached hydrogens (tertiary/aromatic N) is 2. The first-order chi connectivity index (χ1) is 21.2. The molecular formula is C35H29BrN2O6. The van der Waals surface area contributed by atoms with Gasteiger partial charge in [-0.05, 0) is 98.2 Å². The number of esters is 1. The summed E-state index contributed by atoms with van der Waals surface area (Å²) in [7, 11) is 1.54. The second-order valence-corrected chi connectivity index (χ2v) is 12.8. The van der Waals surface area contributed by atoms with Crippen molar-refractivity contribution in [3.8, 4) is 17.0 Å². The number of pyridine rings is 1. The second kappa shape index (κ2) is 11.0. The van der Waals surface area contributed by atoms with Gasteiger partial charge >= 0.3 is 5.97 Å². The Morgan fingerprint density at radius 1 is 0.932 bits per heavy atom. The van der Waals surface area contributed by atoms with Crippen LogP contribution >= 0.6 is 15.9 Å². The molecule has 3 aliphatic rings. The standard InChI is InChI=1S/C35H29BrN2O6/c1-18-13-23(36)15-26-27(35(42)44-17-29(39)20-7-11-25(43-2)12-8-20)16-28(37-32(18)26)19-5-9-24(10-6-19)38-33(40)30-21-3-4-22(14-21)31(30)34(38)41/h5-13,15-16,21-22,30-31H,3-4,14,17H2,1-2H3. The molecule has 0 spiro atoms. The summed E-state index contributed by atoms with van der Waals surface area (Å²) in [6.45, 7) is 1.48. The van der Waals surface area contributed by atoms with Crippen LogP contribution in [0.2, 0.25) is 0 Å². The van der Waals surface area contributed by atoms with Gasteiger partial charge in [-0.25, -0.2) is 9.78 Å². The number of halogens is 1. The van der Waals surface area contributed by atoms with Crippen LogP contribution in [0.1, 0.15) is 45.5 Å². The molecule has 0 radical (unpaired) electrons. The van der Waals surface area contributed by atoms with E-state index in [0.29, 0.717) is 51.0 Å². The van der Waals surface area contributed by atoms with Crippen molar-refractivity contribution in [2.24, 2.45) is 23.7 Å². The molecule has 7 rings (SSSR count). The van der Waals surface area contributed by atoms with Crippen molar-refractivity contribution in [3.05, 3.63) is 87.9 Å². The van der Waals surface area contributed by atoms with Crippen molar-refractivity contribution in [1.29, 1.82) is 0 Å². The van der Waals surface area contributed by atoms with Gasteiger partial charge in [-0.1, -0.05) is 28.1 Å². The van der Waals surface area contributed by atoms with E-state index in [1.807, 2.05) is 25.1 Å². The van der Waals surface area contributed by atoms with Crippen molar-refractivity contribution in [1.82, 2.24) is 4.98 Å². The molecule has 44 heavy (non-hydrogen) atoms. The normalized spacial score (nSPS) is 22.0. The smallest absolute Gasteiger partial charge is 0.339 e. The summed E-state index contributed by atoms with van der Waals surface area (Å²) in [5.41, 5.74) is 3.94. The Balaban J connectivity index is 1.17. The summed E-state index contributed by atoms with van der Waals surface area (Å²) in [5.74, 6) is -0.262. The number of anilines is 1. The number of carbonyl (C=O) groups is 4. The molecule has 4 atom stereocenters. The first-order valence-corrected chi connectivity index (χ1v) is 15.5. The lowest BCUT2D eigenvalue weighted by Crippen LogP contribution is -2.32. The molecule has 3 fully saturated rings. The number of hydrogen-bond acceptors (Lipinski definition) is 7. The number of methoxy groups -OCH3 is 1. The van der Waals surface area contributed by atoms with Gasteiger partial charge < -0.3 is 9.47 Å². The van der Waals surface area contributed by atoms with Crippen molar-refractivity contribution < 1.29 is 28.7 Å². The van der Waals surface area contributed by atoms with Gasteiger partial charge in [0.1, 0.15) is 5.75 Å². The van der Waals surface area contributed by atoms with E-state index in [2.05, 4.69) is 15.9 Å². The third-order valence-corrected chi connectivity index (χ3v) is 9.84. The highest BCUT2D eigenvalue weighted by Gasteiger charge is 2.61. The fourth-order valence-corrected chi connectivity index (χ4v) is 7.86. The van der Waals surface area contributed by atoms with E-state index < -0.39 is 12.6 Å². The summed E-state index contributed by atoms with van der Waals surface area (Å²) >= 11 is 3.51. The second-order valence-electron chi connectivity index (χ2n) is 11.8. The highest BCUT2D eigenvalue weighted by atomic mass is 79.9. The van der Waals surface area contributed by atoms with Crippen molar-refractivity contribution >= 4 is 56.1 Å². The summed E-state index contributed by atoms with van der Waals surface area (Å²) in [6, 6.07) is 19.1. The number of aromatic nitrogens is 1. The van der Waals surface area contributed by atoms with Gasteiger partial charge in [0, 0.05) is 21.0 Å². The monoisotopic (exact) mass is 652 g/mol. The number of ether oxygens (including phenoxy) is 2. The molecule has 1 aliphatic heterocycles. The molecule has 2 amide bonds. The lowest BCUT2D eigenvalue weighted by Gasteiger charge is -2.19. The molecular weight excluding hydrogens is 624 g/mol. The molecule has 4 unspecified atom stereocenters. The Labute approximate surface area is 262 Å². The summed E-state index contributed by atoms with van der Waals surface area (Å²) < 4.78 is 11.4. The quantitative estimate of drug-likeness (QED) is 0.127. The predicted octanol–water partition coefficient (Wildman–Crippen LogP) is 6.56. The number of benzene rings is 3. The van der Waals surface area contributed by atoms with Crippen LogP contribution in [0.5, 0.6) is 5.75 Å². The number of carbonyl (C=O) groups excluding carboxylic acids is 4. The van der Waals surface area contributed by atoms with E-state index in [0.717, 1.165) is 29.3 Å². The van der Waals surface area contributed by atoms with Crippen LogP contribution in [-0.4, -0.2) is 42.3 Å². The molecule has 2 bridgehead atoms. The maximum Gasteiger partial charge on any atom is 0.339 e.